The van der Waals surface area contributed by atoms with Crippen LogP contribution in [0.15, 0.2) is 54.9 Å². The molecule has 0 aliphatic rings. The van der Waals surface area contributed by atoms with E-state index in [0.29, 0.717) is 18.4 Å². The summed E-state index contributed by atoms with van der Waals surface area (Å²) in [6, 6.07) is 13.7. The van der Waals surface area contributed by atoms with Gasteiger partial charge in [0.2, 0.25) is 11.8 Å². The summed E-state index contributed by atoms with van der Waals surface area (Å²) in [6.07, 6.45) is 3.47. The van der Waals surface area contributed by atoms with Crippen molar-refractivity contribution in [1.82, 2.24) is 9.97 Å². The van der Waals surface area contributed by atoms with Crippen LogP contribution in [-0.2, 0) is 6.61 Å². The van der Waals surface area contributed by atoms with Crippen LogP contribution in [0.2, 0.25) is 0 Å². The molecule has 0 spiro atoms. The van der Waals surface area contributed by atoms with Gasteiger partial charge in [0.15, 0.2) is 0 Å². The highest BCUT2D eigenvalue weighted by Gasteiger charge is 2.05. The lowest BCUT2D eigenvalue weighted by atomic mass is 10.2. The molecule has 0 fully saturated rings. The monoisotopic (exact) mass is 266 g/mol. The van der Waals surface area contributed by atoms with Crippen molar-refractivity contribution in [2.24, 2.45) is 0 Å². The van der Waals surface area contributed by atoms with E-state index in [9.17, 15) is 0 Å². The van der Waals surface area contributed by atoms with Gasteiger partial charge in [-0.1, -0.05) is 30.3 Å². The molecule has 2 aromatic heterocycles. The zero-order valence-corrected chi connectivity index (χ0v) is 11.1. The summed E-state index contributed by atoms with van der Waals surface area (Å²) < 4.78 is 11.0. The second-order valence-corrected chi connectivity index (χ2v) is 4.34. The zero-order valence-electron chi connectivity index (χ0n) is 11.1. The van der Waals surface area contributed by atoms with Crippen molar-refractivity contribution in [2.45, 2.75) is 6.61 Å². The largest absolute Gasteiger partial charge is 0.481 e. The van der Waals surface area contributed by atoms with Crippen molar-refractivity contribution in [3.8, 4) is 11.8 Å². The maximum atomic E-state index is 5.71. The molecule has 0 aliphatic carbocycles. The summed E-state index contributed by atoms with van der Waals surface area (Å²) in [5.74, 6) is 1.14. The van der Waals surface area contributed by atoms with Gasteiger partial charge in [-0.15, -0.1) is 0 Å². The van der Waals surface area contributed by atoms with Gasteiger partial charge in [-0.25, -0.2) is 9.97 Å². The molecule has 2 heterocycles. The highest BCUT2D eigenvalue weighted by molar-refractivity contribution is 5.86. The third kappa shape index (κ3) is 2.54. The molecule has 4 nitrogen and oxygen atoms in total. The van der Waals surface area contributed by atoms with E-state index in [0.717, 1.165) is 16.3 Å². The number of pyridine rings is 2. The van der Waals surface area contributed by atoms with Gasteiger partial charge in [0, 0.05) is 23.8 Å². The van der Waals surface area contributed by atoms with E-state index in [-0.39, 0.29) is 0 Å². The minimum absolute atomic E-state index is 0.488. The molecular formula is C16H14N2O2. The number of aromatic nitrogens is 2. The van der Waals surface area contributed by atoms with E-state index in [1.165, 1.54) is 0 Å². The lowest BCUT2D eigenvalue weighted by molar-refractivity contribution is 0.294. The van der Waals surface area contributed by atoms with Gasteiger partial charge in [-0.05, 0) is 11.6 Å². The maximum Gasteiger partial charge on any atom is 0.221 e. The second-order valence-electron chi connectivity index (χ2n) is 4.34. The molecule has 0 bridgehead atoms. The topological polar surface area (TPSA) is 44.2 Å². The number of benzene rings is 1. The number of ether oxygens (including phenoxy) is 2. The molecule has 0 aliphatic heterocycles. The first-order chi connectivity index (χ1) is 9.86. The Balaban J connectivity index is 1.85. The fourth-order valence-corrected chi connectivity index (χ4v) is 1.99. The highest BCUT2D eigenvalue weighted by Crippen LogP contribution is 2.25. The molecule has 0 amide bonds. The number of fused-ring (bicyclic) bond motifs is 1. The summed E-state index contributed by atoms with van der Waals surface area (Å²) in [5, 5.41) is 1.87. The molecule has 3 rings (SSSR count). The lowest BCUT2D eigenvalue weighted by Crippen LogP contribution is -1.97. The zero-order chi connectivity index (χ0) is 13.8. The molecule has 0 N–H and O–H groups in total. The van der Waals surface area contributed by atoms with Crippen molar-refractivity contribution in [1.29, 1.82) is 0 Å². The fourth-order valence-electron chi connectivity index (χ4n) is 1.99. The Morgan fingerprint density at radius 2 is 1.90 bits per heavy atom. The predicted molar refractivity (Wildman–Crippen MR) is 76.9 cm³/mol. The molecule has 0 saturated carbocycles. The van der Waals surface area contributed by atoms with E-state index < -0.39 is 0 Å². The number of rotatable bonds is 4. The minimum Gasteiger partial charge on any atom is -0.481 e. The predicted octanol–water partition coefficient (Wildman–Crippen LogP) is 3.22. The van der Waals surface area contributed by atoms with Gasteiger partial charge in [0.25, 0.3) is 0 Å². The first-order valence-electron chi connectivity index (χ1n) is 6.32. The first-order valence-corrected chi connectivity index (χ1v) is 6.32. The minimum atomic E-state index is 0.488. The first kappa shape index (κ1) is 12.4. The Morgan fingerprint density at radius 1 is 1.05 bits per heavy atom. The molecule has 1 aromatic carbocycles. The van der Waals surface area contributed by atoms with E-state index >= 15 is 0 Å². The average Bonchev–Trinajstić information content (AvgIpc) is 2.53. The van der Waals surface area contributed by atoms with Crippen LogP contribution >= 0.6 is 0 Å². The van der Waals surface area contributed by atoms with E-state index in [2.05, 4.69) is 9.97 Å². The Kier molecular flexibility index (Phi) is 3.46. The van der Waals surface area contributed by atoms with Crippen LogP contribution in [0.25, 0.3) is 10.8 Å². The van der Waals surface area contributed by atoms with Crippen molar-refractivity contribution in [3.05, 3.63) is 60.4 Å². The Bertz CT molecular complexity index is 714. The van der Waals surface area contributed by atoms with Crippen LogP contribution in [0, 0.1) is 0 Å². The van der Waals surface area contributed by atoms with Gasteiger partial charge >= 0.3 is 0 Å². The quantitative estimate of drug-likeness (QED) is 0.727. The summed E-state index contributed by atoms with van der Waals surface area (Å²) in [4.78, 5) is 8.47. The average molecular weight is 266 g/mol. The van der Waals surface area contributed by atoms with Gasteiger partial charge in [0.1, 0.15) is 6.61 Å². The Hall–Kier alpha value is -2.62. The third-order valence-corrected chi connectivity index (χ3v) is 3.01. The van der Waals surface area contributed by atoms with E-state index in [1.807, 2.05) is 42.5 Å². The SMILES string of the molecule is COc1nccc2cnc(OCc3ccccc3)cc12. The number of nitrogens with zero attached hydrogens (tertiary/aromatic N) is 2. The number of hydrogen-bond acceptors (Lipinski definition) is 4. The fraction of sp³-hybridized carbons (Fsp3) is 0.125. The van der Waals surface area contributed by atoms with Crippen molar-refractivity contribution in [3.63, 3.8) is 0 Å². The Labute approximate surface area is 117 Å². The van der Waals surface area contributed by atoms with E-state index in [4.69, 9.17) is 9.47 Å². The number of methoxy groups -OCH3 is 1. The van der Waals surface area contributed by atoms with Gasteiger partial charge in [-0.2, -0.15) is 0 Å². The molecule has 0 saturated heterocycles. The van der Waals surface area contributed by atoms with Crippen molar-refractivity contribution >= 4 is 10.8 Å². The van der Waals surface area contributed by atoms with Crippen molar-refractivity contribution in [2.75, 3.05) is 7.11 Å². The number of hydrogen-bond donors (Lipinski definition) is 0. The van der Waals surface area contributed by atoms with Gasteiger partial charge in [0.05, 0.1) is 12.5 Å². The Morgan fingerprint density at radius 3 is 2.70 bits per heavy atom. The van der Waals surface area contributed by atoms with Crippen LogP contribution in [0.3, 0.4) is 0 Å². The molecule has 0 radical (unpaired) electrons. The second kappa shape index (κ2) is 5.57. The van der Waals surface area contributed by atoms with Crippen LogP contribution < -0.4 is 9.47 Å². The highest BCUT2D eigenvalue weighted by atomic mass is 16.5. The molecule has 100 valence electrons. The summed E-state index contributed by atoms with van der Waals surface area (Å²) in [7, 11) is 1.60. The normalized spacial score (nSPS) is 10.4. The third-order valence-electron chi connectivity index (χ3n) is 3.01. The maximum absolute atomic E-state index is 5.71. The molecule has 20 heavy (non-hydrogen) atoms. The standard InChI is InChI=1S/C16H14N2O2/c1-19-16-14-9-15(18-10-13(14)7-8-17-16)20-11-12-5-3-2-4-6-12/h2-10H,11H2,1H3. The van der Waals surface area contributed by atoms with E-state index in [1.54, 1.807) is 19.5 Å². The van der Waals surface area contributed by atoms with Gasteiger partial charge in [-0.3, -0.25) is 0 Å². The van der Waals surface area contributed by atoms with Crippen LogP contribution in [0.5, 0.6) is 11.8 Å². The molecule has 4 heteroatoms. The molecule has 0 atom stereocenters. The van der Waals surface area contributed by atoms with Crippen molar-refractivity contribution < 1.29 is 9.47 Å². The smallest absolute Gasteiger partial charge is 0.221 e. The summed E-state index contributed by atoms with van der Waals surface area (Å²) in [6.45, 7) is 0.488. The summed E-state index contributed by atoms with van der Waals surface area (Å²) in [5.41, 5.74) is 1.10. The van der Waals surface area contributed by atoms with Gasteiger partial charge < -0.3 is 9.47 Å². The van der Waals surface area contributed by atoms with Crippen LogP contribution in [-0.4, -0.2) is 17.1 Å². The molecular weight excluding hydrogens is 252 g/mol. The summed E-state index contributed by atoms with van der Waals surface area (Å²) >= 11 is 0. The molecule has 3 aromatic rings. The van der Waals surface area contributed by atoms with Crippen LogP contribution in [0.4, 0.5) is 0 Å². The lowest BCUT2D eigenvalue weighted by Gasteiger charge is -2.08. The molecule has 0 unspecified atom stereocenters. The van der Waals surface area contributed by atoms with Crippen LogP contribution in [0.1, 0.15) is 5.56 Å².